The number of hydrogen-bond donors (Lipinski definition) is 1. The first-order valence-electron chi connectivity index (χ1n) is 12.1. The zero-order chi connectivity index (χ0) is 26.4. The van der Waals surface area contributed by atoms with Gasteiger partial charge in [-0.25, -0.2) is 0 Å². The maximum atomic E-state index is 12.7. The van der Waals surface area contributed by atoms with Gasteiger partial charge in [0.15, 0.2) is 22.9 Å². The summed E-state index contributed by atoms with van der Waals surface area (Å²) < 4.78 is 8.12. The second kappa shape index (κ2) is 11.9. The average molecular weight is 515 g/mol. The highest BCUT2D eigenvalue weighted by Crippen LogP contribution is 2.28. The Balaban J connectivity index is 1.51. The molecule has 1 amide bonds. The minimum Gasteiger partial charge on any atom is -0.483 e. The molecule has 0 saturated carbocycles. The number of nitrogens with zero attached hydrogens (tertiary/aromatic N) is 3. The molecule has 7 nitrogen and oxygen atoms in total. The van der Waals surface area contributed by atoms with Crippen molar-refractivity contribution in [2.24, 2.45) is 0 Å². The molecule has 0 aliphatic rings. The molecule has 1 aromatic heterocycles. The van der Waals surface area contributed by atoms with Crippen molar-refractivity contribution in [3.05, 3.63) is 95.8 Å². The van der Waals surface area contributed by atoms with Gasteiger partial charge < -0.3 is 10.1 Å². The van der Waals surface area contributed by atoms with Crippen LogP contribution < -0.4 is 10.1 Å². The lowest BCUT2D eigenvalue weighted by Crippen LogP contribution is -2.15. The number of ether oxygens (including phenoxy) is 1. The predicted molar refractivity (Wildman–Crippen MR) is 147 cm³/mol. The van der Waals surface area contributed by atoms with Gasteiger partial charge in [0, 0.05) is 16.9 Å². The zero-order valence-corrected chi connectivity index (χ0v) is 22.2. The number of anilines is 1. The number of carbonyl (C=O) groups excluding carboxylic acids is 2. The molecule has 37 heavy (non-hydrogen) atoms. The molecule has 0 bridgehead atoms. The zero-order valence-electron chi connectivity index (χ0n) is 21.3. The van der Waals surface area contributed by atoms with Crippen LogP contribution in [0.2, 0.25) is 0 Å². The Labute approximate surface area is 221 Å². The molecule has 1 atom stereocenters. The lowest BCUT2D eigenvalue weighted by Gasteiger charge is -2.17. The Kier molecular flexibility index (Phi) is 8.40. The molecule has 0 radical (unpaired) electrons. The van der Waals surface area contributed by atoms with Crippen molar-refractivity contribution in [1.82, 2.24) is 14.8 Å². The van der Waals surface area contributed by atoms with Crippen LogP contribution in [-0.4, -0.2) is 32.2 Å². The number of rotatable bonds is 10. The Morgan fingerprint density at radius 1 is 0.946 bits per heavy atom. The quantitative estimate of drug-likeness (QED) is 0.193. The molecular formula is C29H30N4O3S. The molecule has 190 valence electrons. The van der Waals surface area contributed by atoms with Gasteiger partial charge in [-0.1, -0.05) is 68.1 Å². The van der Waals surface area contributed by atoms with Crippen molar-refractivity contribution in [3.63, 3.8) is 0 Å². The van der Waals surface area contributed by atoms with E-state index in [-0.39, 0.29) is 23.5 Å². The predicted octanol–water partition coefficient (Wildman–Crippen LogP) is 6.46. The van der Waals surface area contributed by atoms with Crippen molar-refractivity contribution in [2.45, 2.75) is 44.9 Å². The Morgan fingerprint density at radius 2 is 1.68 bits per heavy atom. The SMILES string of the molecule is CC(=O)c1cccc(NC(=O)CSc2nnc(C(C)Oc3ccc(C(C)C)cc3)n2-c2ccccc2)c1. The fourth-order valence-corrected chi connectivity index (χ4v) is 4.55. The van der Waals surface area contributed by atoms with Crippen LogP contribution in [0.5, 0.6) is 5.75 Å². The standard InChI is InChI=1S/C29H30N4O3S/c1-19(2)22-13-15-26(16-14-22)36-21(4)28-31-32-29(33(28)25-11-6-5-7-12-25)37-18-27(35)30-24-10-8-9-23(17-24)20(3)34/h5-17,19,21H,18H2,1-4H3,(H,30,35). The van der Waals surface area contributed by atoms with Crippen LogP contribution in [0.3, 0.4) is 0 Å². The molecule has 1 unspecified atom stereocenters. The van der Waals surface area contributed by atoms with Crippen LogP contribution in [0, 0.1) is 0 Å². The summed E-state index contributed by atoms with van der Waals surface area (Å²) in [4.78, 5) is 24.3. The molecule has 8 heteroatoms. The van der Waals surface area contributed by atoms with Crippen molar-refractivity contribution in [1.29, 1.82) is 0 Å². The third kappa shape index (κ3) is 6.65. The Bertz CT molecular complexity index is 1370. The molecule has 1 N–H and O–H groups in total. The Morgan fingerprint density at radius 3 is 2.35 bits per heavy atom. The normalized spacial score (nSPS) is 11.8. The van der Waals surface area contributed by atoms with E-state index >= 15 is 0 Å². The summed E-state index contributed by atoms with van der Waals surface area (Å²) in [5, 5.41) is 12.2. The van der Waals surface area contributed by atoms with E-state index in [0.29, 0.717) is 28.1 Å². The first kappa shape index (κ1) is 26.2. The van der Waals surface area contributed by atoms with Gasteiger partial charge >= 0.3 is 0 Å². The second-order valence-electron chi connectivity index (χ2n) is 8.97. The topological polar surface area (TPSA) is 86.1 Å². The second-order valence-corrected chi connectivity index (χ2v) is 9.91. The molecule has 0 aliphatic heterocycles. The van der Waals surface area contributed by atoms with E-state index in [1.807, 2.05) is 54.0 Å². The van der Waals surface area contributed by atoms with Gasteiger partial charge in [0.05, 0.1) is 5.75 Å². The van der Waals surface area contributed by atoms with Gasteiger partial charge in [-0.05, 0) is 61.7 Å². The monoisotopic (exact) mass is 514 g/mol. The molecule has 0 spiro atoms. The molecule has 0 saturated heterocycles. The molecule has 3 aromatic carbocycles. The third-order valence-electron chi connectivity index (χ3n) is 5.78. The van der Waals surface area contributed by atoms with Crippen molar-refractivity contribution in [2.75, 3.05) is 11.1 Å². The molecule has 4 rings (SSSR count). The molecule has 1 heterocycles. The summed E-state index contributed by atoms with van der Waals surface area (Å²) in [5.41, 5.74) is 3.25. The van der Waals surface area contributed by atoms with Crippen molar-refractivity contribution in [3.8, 4) is 11.4 Å². The van der Waals surface area contributed by atoms with Crippen LogP contribution in [0.1, 0.15) is 61.5 Å². The van der Waals surface area contributed by atoms with Gasteiger partial charge in [-0.3, -0.25) is 14.2 Å². The Hall–Kier alpha value is -3.91. The lowest BCUT2D eigenvalue weighted by molar-refractivity contribution is -0.113. The van der Waals surface area contributed by atoms with Gasteiger partial charge in [0.2, 0.25) is 5.91 Å². The molecular weight excluding hydrogens is 484 g/mol. The maximum Gasteiger partial charge on any atom is 0.234 e. The number of para-hydroxylation sites is 1. The van der Waals surface area contributed by atoms with E-state index in [9.17, 15) is 9.59 Å². The lowest BCUT2D eigenvalue weighted by atomic mass is 10.0. The minimum atomic E-state index is -0.380. The minimum absolute atomic E-state index is 0.0545. The first-order valence-corrected chi connectivity index (χ1v) is 13.1. The van der Waals surface area contributed by atoms with E-state index in [4.69, 9.17) is 4.74 Å². The van der Waals surface area contributed by atoms with Crippen molar-refractivity contribution >= 4 is 29.1 Å². The molecule has 0 aliphatic carbocycles. The first-order chi connectivity index (χ1) is 17.8. The van der Waals surface area contributed by atoms with E-state index in [2.05, 4.69) is 41.5 Å². The van der Waals surface area contributed by atoms with Crippen LogP contribution in [-0.2, 0) is 4.79 Å². The van der Waals surface area contributed by atoms with E-state index in [1.54, 1.807) is 24.3 Å². The average Bonchev–Trinajstić information content (AvgIpc) is 3.32. The number of Topliss-reactive ketones (excluding diaryl/α,β-unsaturated/α-hetero) is 1. The highest BCUT2D eigenvalue weighted by atomic mass is 32.2. The van der Waals surface area contributed by atoms with Crippen LogP contribution in [0.4, 0.5) is 5.69 Å². The fraction of sp³-hybridized carbons (Fsp3) is 0.241. The smallest absolute Gasteiger partial charge is 0.234 e. The van der Waals surface area contributed by atoms with Crippen molar-refractivity contribution < 1.29 is 14.3 Å². The van der Waals surface area contributed by atoms with E-state index in [0.717, 1.165) is 11.4 Å². The summed E-state index contributed by atoms with van der Waals surface area (Å²) in [6.07, 6.45) is -0.380. The number of nitrogens with one attached hydrogen (secondary N) is 1. The van der Waals surface area contributed by atoms with Gasteiger partial charge in [-0.15, -0.1) is 10.2 Å². The van der Waals surface area contributed by atoms with Crippen LogP contribution in [0.15, 0.2) is 84.0 Å². The van der Waals surface area contributed by atoms with E-state index in [1.165, 1.54) is 24.2 Å². The number of carbonyl (C=O) groups is 2. The number of thioether (sulfide) groups is 1. The number of ketones is 1. The number of hydrogen-bond acceptors (Lipinski definition) is 6. The highest BCUT2D eigenvalue weighted by Gasteiger charge is 2.22. The molecule has 4 aromatic rings. The van der Waals surface area contributed by atoms with Gasteiger partial charge in [-0.2, -0.15) is 0 Å². The van der Waals surface area contributed by atoms with Crippen LogP contribution in [0.25, 0.3) is 5.69 Å². The number of benzene rings is 3. The summed E-state index contributed by atoms with van der Waals surface area (Å²) >= 11 is 1.28. The fourth-order valence-electron chi connectivity index (χ4n) is 3.79. The summed E-state index contributed by atoms with van der Waals surface area (Å²) in [7, 11) is 0. The van der Waals surface area contributed by atoms with Gasteiger partial charge in [0.1, 0.15) is 5.75 Å². The number of amides is 1. The number of aromatic nitrogens is 3. The summed E-state index contributed by atoms with van der Waals surface area (Å²) in [6.45, 7) is 7.74. The largest absolute Gasteiger partial charge is 0.483 e. The highest BCUT2D eigenvalue weighted by molar-refractivity contribution is 7.99. The third-order valence-corrected chi connectivity index (χ3v) is 6.71. The van der Waals surface area contributed by atoms with E-state index < -0.39 is 0 Å². The van der Waals surface area contributed by atoms with Gasteiger partial charge in [0.25, 0.3) is 0 Å². The molecule has 0 fully saturated rings. The summed E-state index contributed by atoms with van der Waals surface area (Å²) in [5.74, 6) is 1.70. The van der Waals surface area contributed by atoms with Crippen LogP contribution >= 0.6 is 11.8 Å². The maximum absolute atomic E-state index is 12.7. The summed E-state index contributed by atoms with van der Waals surface area (Å²) in [6, 6.07) is 24.7.